The van der Waals surface area contributed by atoms with E-state index >= 15 is 0 Å². The Bertz CT molecular complexity index is 454. The van der Waals surface area contributed by atoms with Gasteiger partial charge in [0.05, 0.1) is 5.92 Å². The first-order valence-corrected chi connectivity index (χ1v) is 6.85. The van der Waals surface area contributed by atoms with E-state index in [4.69, 9.17) is 4.74 Å². The van der Waals surface area contributed by atoms with Gasteiger partial charge in [-0.05, 0) is 24.8 Å². The highest BCUT2D eigenvalue weighted by atomic mass is 16.5. The molecule has 1 aromatic rings. The molecule has 2 atom stereocenters. The molecule has 0 saturated carbocycles. The number of hydrogen-bond donors (Lipinski definition) is 2. The standard InChI is InChI=1S/C15H19NO4/c17-14(13-8-4-5-9-20-13)16-10-12(15(18)19)11-6-2-1-3-7-11/h1-3,6-7,12-13H,4-5,8-10H2,(H,16,17)(H,18,19). The summed E-state index contributed by atoms with van der Waals surface area (Å²) in [5.41, 5.74) is 0.685. The number of nitrogens with one attached hydrogen (secondary N) is 1. The summed E-state index contributed by atoms with van der Waals surface area (Å²) in [5.74, 6) is -1.89. The lowest BCUT2D eigenvalue weighted by Gasteiger charge is -2.22. The molecule has 108 valence electrons. The van der Waals surface area contributed by atoms with Crippen molar-refractivity contribution < 1.29 is 19.4 Å². The Labute approximate surface area is 117 Å². The first-order valence-electron chi connectivity index (χ1n) is 6.85. The van der Waals surface area contributed by atoms with Crippen LogP contribution in [0.2, 0.25) is 0 Å². The zero-order valence-electron chi connectivity index (χ0n) is 11.2. The highest BCUT2D eigenvalue weighted by molar-refractivity contribution is 5.82. The zero-order valence-corrected chi connectivity index (χ0v) is 11.2. The van der Waals surface area contributed by atoms with E-state index in [9.17, 15) is 14.7 Å². The van der Waals surface area contributed by atoms with E-state index in [0.717, 1.165) is 12.8 Å². The third-order valence-corrected chi connectivity index (χ3v) is 3.45. The van der Waals surface area contributed by atoms with Gasteiger partial charge in [-0.15, -0.1) is 0 Å². The van der Waals surface area contributed by atoms with Crippen molar-refractivity contribution in [3.8, 4) is 0 Å². The van der Waals surface area contributed by atoms with Gasteiger partial charge in [0.25, 0.3) is 0 Å². The van der Waals surface area contributed by atoms with Gasteiger partial charge in [-0.1, -0.05) is 30.3 Å². The van der Waals surface area contributed by atoms with Gasteiger partial charge < -0.3 is 15.2 Å². The number of benzene rings is 1. The predicted octanol–water partition coefficient (Wildman–Crippen LogP) is 1.54. The molecule has 2 rings (SSSR count). The van der Waals surface area contributed by atoms with Gasteiger partial charge in [-0.3, -0.25) is 9.59 Å². The number of carboxylic acids is 1. The van der Waals surface area contributed by atoms with Gasteiger partial charge in [0, 0.05) is 13.2 Å². The van der Waals surface area contributed by atoms with Crippen LogP contribution in [0.5, 0.6) is 0 Å². The van der Waals surface area contributed by atoms with Gasteiger partial charge >= 0.3 is 5.97 Å². The van der Waals surface area contributed by atoms with Crippen LogP contribution in [0, 0.1) is 0 Å². The van der Waals surface area contributed by atoms with E-state index in [1.165, 1.54) is 0 Å². The molecule has 0 bridgehead atoms. The van der Waals surface area contributed by atoms with Crippen LogP contribution in [-0.2, 0) is 14.3 Å². The van der Waals surface area contributed by atoms with Crippen LogP contribution in [0.4, 0.5) is 0 Å². The fraction of sp³-hybridized carbons (Fsp3) is 0.467. The number of aliphatic carboxylic acids is 1. The average Bonchev–Trinajstić information content (AvgIpc) is 2.49. The third-order valence-electron chi connectivity index (χ3n) is 3.45. The molecule has 1 fully saturated rings. The van der Waals surface area contributed by atoms with Crippen molar-refractivity contribution in [1.82, 2.24) is 5.32 Å². The molecular weight excluding hydrogens is 258 g/mol. The minimum absolute atomic E-state index is 0.0814. The molecule has 1 aliphatic heterocycles. The van der Waals surface area contributed by atoms with E-state index in [2.05, 4.69) is 5.32 Å². The van der Waals surface area contributed by atoms with Crippen LogP contribution in [0.15, 0.2) is 30.3 Å². The summed E-state index contributed by atoms with van der Waals surface area (Å²) in [6, 6.07) is 8.91. The Morgan fingerprint density at radius 3 is 2.65 bits per heavy atom. The van der Waals surface area contributed by atoms with Gasteiger partial charge in [-0.25, -0.2) is 0 Å². The monoisotopic (exact) mass is 277 g/mol. The number of rotatable bonds is 5. The van der Waals surface area contributed by atoms with E-state index < -0.39 is 18.0 Å². The fourth-order valence-electron chi connectivity index (χ4n) is 2.30. The van der Waals surface area contributed by atoms with Crippen molar-refractivity contribution in [2.24, 2.45) is 0 Å². The summed E-state index contributed by atoms with van der Waals surface area (Å²) in [6.45, 7) is 0.678. The second-order valence-corrected chi connectivity index (χ2v) is 4.90. The normalized spacial score (nSPS) is 20.1. The molecule has 5 nitrogen and oxygen atoms in total. The maximum absolute atomic E-state index is 11.9. The van der Waals surface area contributed by atoms with Crippen molar-refractivity contribution in [3.63, 3.8) is 0 Å². The molecule has 1 amide bonds. The topological polar surface area (TPSA) is 75.6 Å². The average molecular weight is 277 g/mol. The van der Waals surface area contributed by atoms with Crippen LogP contribution in [0.3, 0.4) is 0 Å². The SMILES string of the molecule is O=C(NCC(C(=O)O)c1ccccc1)C1CCCCO1. The van der Waals surface area contributed by atoms with Crippen molar-refractivity contribution in [2.75, 3.05) is 13.2 Å². The molecule has 1 aliphatic rings. The van der Waals surface area contributed by atoms with Crippen LogP contribution < -0.4 is 5.32 Å². The number of carboxylic acid groups (broad SMARTS) is 1. The van der Waals surface area contributed by atoms with Gasteiger partial charge in [0.2, 0.25) is 5.91 Å². The molecule has 5 heteroatoms. The Morgan fingerprint density at radius 1 is 1.30 bits per heavy atom. The van der Waals surface area contributed by atoms with Gasteiger partial charge in [0.1, 0.15) is 6.10 Å². The number of hydrogen-bond acceptors (Lipinski definition) is 3. The number of carbonyl (C=O) groups is 2. The summed E-state index contributed by atoms with van der Waals surface area (Å²) >= 11 is 0. The molecular formula is C15H19NO4. The number of ether oxygens (including phenoxy) is 1. The highest BCUT2D eigenvalue weighted by Gasteiger charge is 2.25. The Balaban J connectivity index is 1.92. The zero-order chi connectivity index (χ0) is 14.4. The number of amides is 1. The molecule has 20 heavy (non-hydrogen) atoms. The molecule has 1 aromatic carbocycles. The Morgan fingerprint density at radius 2 is 2.05 bits per heavy atom. The van der Waals surface area contributed by atoms with E-state index in [1.807, 2.05) is 6.07 Å². The minimum atomic E-state index is -0.943. The highest BCUT2D eigenvalue weighted by Crippen LogP contribution is 2.16. The molecule has 1 saturated heterocycles. The maximum Gasteiger partial charge on any atom is 0.312 e. The fourth-order valence-corrected chi connectivity index (χ4v) is 2.30. The quantitative estimate of drug-likeness (QED) is 0.856. The van der Waals surface area contributed by atoms with Crippen LogP contribution >= 0.6 is 0 Å². The minimum Gasteiger partial charge on any atom is -0.481 e. The lowest BCUT2D eigenvalue weighted by atomic mass is 9.99. The molecule has 0 spiro atoms. The largest absolute Gasteiger partial charge is 0.481 e. The van der Waals surface area contributed by atoms with Crippen LogP contribution in [0.1, 0.15) is 30.7 Å². The van der Waals surface area contributed by atoms with Crippen molar-refractivity contribution in [1.29, 1.82) is 0 Å². The Kier molecular flexibility index (Phi) is 5.12. The summed E-state index contributed by atoms with van der Waals surface area (Å²) in [6.07, 6.45) is 2.22. The second-order valence-electron chi connectivity index (χ2n) is 4.90. The lowest BCUT2D eigenvalue weighted by Crippen LogP contribution is -2.41. The van der Waals surface area contributed by atoms with Crippen LogP contribution in [0.25, 0.3) is 0 Å². The summed E-state index contributed by atoms with van der Waals surface area (Å²) in [7, 11) is 0. The summed E-state index contributed by atoms with van der Waals surface area (Å²) < 4.78 is 5.38. The molecule has 0 aromatic heterocycles. The Hall–Kier alpha value is -1.88. The van der Waals surface area contributed by atoms with Gasteiger partial charge in [-0.2, -0.15) is 0 Å². The van der Waals surface area contributed by atoms with Crippen LogP contribution in [-0.4, -0.2) is 36.2 Å². The predicted molar refractivity (Wildman–Crippen MR) is 73.4 cm³/mol. The molecule has 0 aliphatic carbocycles. The molecule has 1 heterocycles. The van der Waals surface area contributed by atoms with Crippen molar-refractivity contribution in [3.05, 3.63) is 35.9 Å². The summed E-state index contributed by atoms with van der Waals surface area (Å²) in [4.78, 5) is 23.2. The van der Waals surface area contributed by atoms with Crippen molar-refractivity contribution >= 4 is 11.9 Å². The van der Waals surface area contributed by atoms with Gasteiger partial charge in [0.15, 0.2) is 0 Å². The molecule has 2 N–H and O–H groups in total. The second kappa shape index (κ2) is 7.05. The first kappa shape index (κ1) is 14.5. The molecule has 2 unspecified atom stereocenters. The van der Waals surface area contributed by atoms with Crippen molar-refractivity contribution in [2.45, 2.75) is 31.3 Å². The number of carbonyl (C=O) groups excluding carboxylic acids is 1. The molecule has 0 radical (unpaired) electrons. The van der Waals surface area contributed by atoms with E-state index in [1.54, 1.807) is 24.3 Å². The smallest absolute Gasteiger partial charge is 0.312 e. The third kappa shape index (κ3) is 3.81. The first-order chi connectivity index (χ1) is 9.68. The van der Waals surface area contributed by atoms with E-state index in [-0.39, 0.29) is 12.5 Å². The summed E-state index contributed by atoms with van der Waals surface area (Å²) in [5, 5.41) is 12.0. The van der Waals surface area contributed by atoms with E-state index in [0.29, 0.717) is 18.6 Å². The maximum atomic E-state index is 11.9. The lowest BCUT2D eigenvalue weighted by molar-refractivity contribution is -0.139.